The third-order valence-corrected chi connectivity index (χ3v) is 4.59. The minimum absolute atomic E-state index is 0.0546. The molecular weight excluding hydrogens is 310 g/mol. The molecule has 0 bridgehead atoms. The van der Waals surface area contributed by atoms with Crippen LogP contribution in [0.1, 0.15) is 16.8 Å². The van der Waals surface area contributed by atoms with E-state index in [1.54, 1.807) is 29.2 Å². The first-order chi connectivity index (χ1) is 11.6. The number of rotatable bonds is 2. The molecule has 0 aliphatic carbocycles. The third kappa shape index (κ3) is 2.56. The molecule has 1 aliphatic heterocycles. The van der Waals surface area contributed by atoms with Crippen LogP contribution in [0.5, 0.6) is 0 Å². The van der Waals surface area contributed by atoms with Gasteiger partial charge >= 0.3 is 0 Å². The summed E-state index contributed by atoms with van der Waals surface area (Å²) in [5, 5.41) is 0.940. The molecule has 1 aliphatic rings. The van der Waals surface area contributed by atoms with Crippen LogP contribution >= 0.6 is 0 Å². The van der Waals surface area contributed by atoms with E-state index in [1.165, 1.54) is 18.2 Å². The van der Waals surface area contributed by atoms with Crippen LogP contribution in [0.4, 0.5) is 8.78 Å². The van der Waals surface area contributed by atoms with Gasteiger partial charge in [0.05, 0.1) is 6.42 Å². The average Bonchev–Trinajstić information content (AvgIpc) is 2.93. The molecule has 0 saturated heterocycles. The maximum absolute atomic E-state index is 13.7. The largest absolute Gasteiger partial charge is 0.358 e. The number of aromatic amines is 1. The number of amides is 1. The molecule has 1 N–H and O–H groups in total. The van der Waals surface area contributed by atoms with E-state index in [1.807, 2.05) is 0 Å². The molecule has 122 valence electrons. The molecule has 2 aromatic carbocycles. The topological polar surface area (TPSA) is 36.1 Å². The van der Waals surface area contributed by atoms with E-state index in [0.717, 1.165) is 22.2 Å². The third-order valence-electron chi connectivity index (χ3n) is 4.59. The number of hydrogen-bond donors (Lipinski definition) is 1. The number of carbonyl (C=O) groups is 1. The molecule has 5 heteroatoms. The number of hydrogen-bond acceptors (Lipinski definition) is 1. The molecule has 0 unspecified atom stereocenters. The smallest absolute Gasteiger partial charge is 0.227 e. The van der Waals surface area contributed by atoms with Crippen molar-refractivity contribution >= 4 is 16.8 Å². The fourth-order valence-corrected chi connectivity index (χ4v) is 3.32. The van der Waals surface area contributed by atoms with Crippen LogP contribution in [0.2, 0.25) is 0 Å². The first kappa shape index (κ1) is 14.9. The lowest BCUT2D eigenvalue weighted by Gasteiger charge is -2.27. The number of nitrogens with one attached hydrogen (secondary N) is 1. The molecule has 3 nitrogen and oxygen atoms in total. The normalized spacial score (nSPS) is 14.0. The molecule has 1 amide bonds. The van der Waals surface area contributed by atoms with E-state index in [4.69, 9.17) is 0 Å². The Balaban J connectivity index is 1.58. The van der Waals surface area contributed by atoms with Crippen molar-refractivity contribution in [3.05, 3.63) is 70.9 Å². The van der Waals surface area contributed by atoms with Gasteiger partial charge in [0, 0.05) is 41.7 Å². The molecule has 4 rings (SSSR count). The van der Waals surface area contributed by atoms with E-state index in [-0.39, 0.29) is 24.0 Å². The predicted octanol–water partition coefficient (Wildman–Crippen LogP) is 3.57. The zero-order valence-corrected chi connectivity index (χ0v) is 13.0. The van der Waals surface area contributed by atoms with Crippen LogP contribution in [-0.2, 0) is 24.2 Å². The van der Waals surface area contributed by atoms with E-state index < -0.39 is 0 Å². The highest BCUT2D eigenvalue weighted by Gasteiger charge is 2.24. The van der Waals surface area contributed by atoms with Gasteiger partial charge in [-0.2, -0.15) is 0 Å². The number of H-pyrrole nitrogens is 1. The van der Waals surface area contributed by atoms with Crippen LogP contribution in [-0.4, -0.2) is 22.3 Å². The Hall–Kier alpha value is -2.69. The van der Waals surface area contributed by atoms with Gasteiger partial charge < -0.3 is 9.88 Å². The molecule has 0 spiro atoms. The number of nitrogens with zero attached hydrogens (tertiary/aromatic N) is 1. The van der Waals surface area contributed by atoms with Crippen molar-refractivity contribution < 1.29 is 13.6 Å². The predicted molar refractivity (Wildman–Crippen MR) is 87.5 cm³/mol. The van der Waals surface area contributed by atoms with E-state index in [2.05, 4.69) is 4.98 Å². The first-order valence-electron chi connectivity index (χ1n) is 7.92. The lowest BCUT2D eigenvalue weighted by atomic mass is 10.0. The van der Waals surface area contributed by atoms with Crippen LogP contribution in [0, 0.1) is 11.6 Å². The van der Waals surface area contributed by atoms with Gasteiger partial charge in [-0.05, 0) is 29.8 Å². The zero-order valence-electron chi connectivity index (χ0n) is 13.0. The van der Waals surface area contributed by atoms with Gasteiger partial charge in [-0.15, -0.1) is 0 Å². The second-order valence-corrected chi connectivity index (χ2v) is 6.11. The van der Waals surface area contributed by atoms with Crippen LogP contribution in [0.25, 0.3) is 10.9 Å². The monoisotopic (exact) mass is 326 g/mol. The molecule has 1 aromatic heterocycles. The summed E-state index contributed by atoms with van der Waals surface area (Å²) < 4.78 is 27.1. The fraction of sp³-hybridized carbons (Fsp3) is 0.211. The van der Waals surface area contributed by atoms with Gasteiger partial charge in [0.25, 0.3) is 0 Å². The van der Waals surface area contributed by atoms with Gasteiger partial charge in [-0.1, -0.05) is 18.2 Å². The maximum Gasteiger partial charge on any atom is 0.227 e. The summed E-state index contributed by atoms with van der Waals surface area (Å²) in [6.07, 6.45) is 0.744. The zero-order chi connectivity index (χ0) is 16.7. The summed E-state index contributed by atoms with van der Waals surface area (Å²) in [7, 11) is 0. The molecular formula is C19H16F2N2O. The molecule has 0 radical (unpaired) electrons. The number of carbonyl (C=O) groups excluding carboxylic acids is 1. The van der Waals surface area contributed by atoms with Crippen molar-refractivity contribution in [1.29, 1.82) is 0 Å². The van der Waals surface area contributed by atoms with Gasteiger partial charge in [-0.25, -0.2) is 8.78 Å². The number of benzene rings is 2. The molecule has 3 aromatic rings. The quantitative estimate of drug-likeness (QED) is 0.768. The van der Waals surface area contributed by atoms with Gasteiger partial charge in [0.2, 0.25) is 5.91 Å². The summed E-state index contributed by atoms with van der Waals surface area (Å²) in [6, 6.07) is 11.0. The molecule has 0 saturated carbocycles. The summed E-state index contributed by atoms with van der Waals surface area (Å²) in [5.41, 5.74) is 3.24. The highest BCUT2D eigenvalue weighted by Crippen LogP contribution is 2.28. The van der Waals surface area contributed by atoms with Crippen molar-refractivity contribution in [3.63, 3.8) is 0 Å². The summed E-state index contributed by atoms with van der Waals surface area (Å²) in [6.45, 7) is 1.05. The Morgan fingerprint density at radius 1 is 1.17 bits per heavy atom. The molecule has 24 heavy (non-hydrogen) atoms. The SMILES string of the molecule is O=C(Cc1ccccc1F)N1CCc2[nH]c3cc(F)ccc3c2C1. The molecule has 0 fully saturated rings. The lowest BCUT2D eigenvalue weighted by Crippen LogP contribution is -2.36. The number of aromatic nitrogens is 1. The lowest BCUT2D eigenvalue weighted by molar-refractivity contribution is -0.131. The van der Waals surface area contributed by atoms with Crippen molar-refractivity contribution in [2.75, 3.05) is 6.54 Å². The fourth-order valence-electron chi connectivity index (χ4n) is 3.32. The van der Waals surface area contributed by atoms with E-state index in [0.29, 0.717) is 25.1 Å². The second kappa shape index (κ2) is 5.74. The van der Waals surface area contributed by atoms with Crippen molar-refractivity contribution in [3.8, 4) is 0 Å². The highest BCUT2D eigenvalue weighted by atomic mass is 19.1. The Labute approximate surface area is 137 Å². The molecule has 0 atom stereocenters. The summed E-state index contributed by atoms with van der Waals surface area (Å²) >= 11 is 0. The second-order valence-electron chi connectivity index (χ2n) is 6.11. The Kier molecular flexibility index (Phi) is 3.56. The van der Waals surface area contributed by atoms with Crippen LogP contribution in [0.3, 0.4) is 0 Å². The van der Waals surface area contributed by atoms with Crippen molar-refractivity contribution in [1.82, 2.24) is 9.88 Å². The number of fused-ring (bicyclic) bond motifs is 3. The van der Waals surface area contributed by atoms with E-state index >= 15 is 0 Å². The Morgan fingerprint density at radius 2 is 2.00 bits per heavy atom. The molecule has 2 heterocycles. The van der Waals surface area contributed by atoms with Gasteiger partial charge in [0.1, 0.15) is 11.6 Å². The van der Waals surface area contributed by atoms with Gasteiger partial charge in [-0.3, -0.25) is 4.79 Å². The summed E-state index contributed by atoms with van der Waals surface area (Å²) in [5.74, 6) is -0.734. The summed E-state index contributed by atoms with van der Waals surface area (Å²) in [4.78, 5) is 17.5. The maximum atomic E-state index is 13.7. The Morgan fingerprint density at radius 3 is 2.83 bits per heavy atom. The average molecular weight is 326 g/mol. The van der Waals surface area contributed by atoms with Crippen molar-refractivity contribution in [2.24, 2.45) is 0 Å². The Bertz CT molecular complexity index is 932. The van der Waals surface area contributed by atoms with Crippen LogP contribution < -0.4 is 0 Å². The van der Waals surface area contributed by atoms with Crippen LogP contribution in [0.15, 0.2) is 42.5 Å². The standard InChI is InChI=1S/C19H16F2N2O/c20-13-5-6-14-15-11-23(8-7-17(15)22-18(14)10-13)19(24)9-12-3-1-2-4-16(12)21/h1-6,10,22H,7-9,11H2. The van der Waals surface area contributed by atoms with Gasteiger partial charge in [0.15, 0.2) is 0 Å². The number of halogens is 2. The first-order valence-corrected chi connectivity index (χ1v) is 7.92. The highest BCUT2D eigenvalue weighted by molar-refractivity contribution is 5.86. The minimum Gasteiger partial charge on any atom is -0.358 e. The van der Waals surface area contributed by atoms with Crippen molar-refractivity contribution in [2.45, 2.75) is 19.4 Å². The van der Waals surface area contributed by atoms with E-state index in [9.17, 15) is 13.6 Å². The minimum atomic E-state index is -0.355.